The smallest absolute Gasteiger partial charge is 0.217 e. The first kappa shape index (κ1) is 14.0. The number of pyridine rings is 1. The van der Waals surface area contributed by atoms with Crippen LogP contribution in [-0.2, 0) is 17.1 Å². The molecule has 0 N–H and O–H groups in total. The average Bonchev–Trinajstić information content (AvgIpc) is 3.34. The van der Waals surface area contributed by atoms with Crippen LogP contribution in [0.1, 0.15) is 12.8 Å². The number of rotatable bonds is 3. The second-order valence-electron chi connectivity index (χ2n) is 5.95. The van der Waals surface area contributed by atoms with E-state index in [4.69, 9.17) is 0 Å². The molecule has 2 fully saturated rings. The number of aromatic nitrogens is 3. The largest absolute Gasteiger partial charge is 0.340 e. The minimum absolute atomic E-state index is 0.126. The van der Waals surface area contributed by atoms with Crippen molar-refractivity contribution in [3.05, 3.63) is 18.3 Å². The minimum Gasteiger partial charge on any atom is -0.340 e. The molecule has 1 saturated heterocycles. The van der Waals surface area contributed by atoms with Gasteiger partial charge in [0.2, 0.25) is 16.0 Å². The van der Waals surface area contributed by atoms with E-state index < -0.39 is 10.0 Å². The van der Waals surface area contributed by atoms with Crippen molar-refractivity contribution in [1.82, 2.24) is 18.8 Å². The Kier molecular flexibility index (Phi) is 3.12. The quantitative estimate of drug-likeness (QED) is 0.827. The second-order valence-corrected chi connectivity index (χ2v) is 8.16. The Morgan fingerprint density at radius 2 is 1.91 bits per heavy atom. The van der Waals surface area contributed by atoms with Crippen molar-refractivity contribution in [3.8, 4) is 0 Å². The van der Waals surface area contributed by atoms with E-state index in [1.807, 2.05) is 23.7 Å². The van der Waals surface area contributed by atoms with Gasteiger partial charge in [0.15, 0.2) is 5.65 Å². The summed E-state index contributed by atoms with van der Waals surface area (Å²) in [6.45, 7) is 2.41. The molecule has 0 spiro atoms. The molecule has 7 nitrogen and oxygen atoms in total. The third-order valence-electron chi connectivity index (χ3n) is 4.43. The van der Waals surface area contributed by atoms with Crippen molar-refractivity contribution in [2.75, 3.05) is 31.1 Å². The molecule has 4 rings (SSSR count). The molecule has 118 valence electrons. The summed E-state index contributed by atoms with van der Waals surface area (Å²) < 4.78 is 28.2. The van der Waals surface area contributed by atoms with E-state index in [0.29, 0.717) is 26.2 Å². The fraction of sp³-hybridized carbons (Fsp3) is 0.571. The lowest BCUT2D eigenvalue weighted by Crippen LogP contribution is -2.50. The third-order valence-corrected chi connectivity index (χ3v) is 6.83. The van der Waals surface area contributed by atoms with Crippen LogP contribution >= 0.6 is 0 Å². The number of piperazine rings is 1. The van der Waals surface area contributed by atoms with Gasteiger partial charge in [-0.1, -0.05) is 0 Å². The number of hydrogen-bond acceptors (Lipinski definition) is 5. The molecule has 2 aromatic heterocycles. The summed E-state index contributed by atoms with van der Waals surface area (Å²) in [5.41, 5.74) is 1.72. The predicted octanol–water partition coefficient (Wildman–Crippen LogP) is 0.582. The van der Waals surface area contributed by atoms with Gasteiger partial charge in [0.1, 0.15) is 5.52 Å². The van der Waals surface area contributed by atoms with Crippen molar-refractivity contribution in [2.45, 2.75) is 18.1 Å². The van der Waals surface area contributed by atoms with Crippen LogP contribution in [0, 0.1) is 0 Å². The van der Waals surface area contributed by atoms with Crippen LogP contribution in [0.3, 0.4) is 0 Å². The molecule has 0 bridgehead atoms. The Labute approximate surface area is 129 Å². The number of imidazole rings is 1. The standard InChI is InChI=1S/C14H19N5O2S/c1-17-13-12(3-2-6-15-13)16-14(17)18-7-9-19(10-8-18)22(20,21)11-4-5-11/h2-3,6,11H,4-5,7-10H2,1H3. The highest BCUT2D eigenvalue weighted by Gasteiger charge is 2.41. The van der Waals surface area contributed by atoms with E-state index in [-0.39, 0.29) is 5.25 Å². The van der Waals surface area contributed by atoms with Gasteiger partial charge in [-0.05, 0) is 25.0 Å². The Hall–Kier alpha value is -1.67. The van der Waals surface area contributed by atoms with E-state index in [1.165, 1.54) is 0 Å². The maximum absolute atomic E-state index is 12.3. The number of nitrogens with zero attached hydrogens (tertiary/aromatic N) is 5. The zero-order valence-electron chi connectivity index (χ0n) is 12.5. The lowest BCUT2D eigenvalue weighted by atomic mass is 10.4. The molecule has 0 unspecified atom stereocenters. The van der Waals surface area contributed by atoms with Gasteiger partial charge in [-0.2, -0.15) is 4.31 Å². The van der Waals surface area contributed by atoms with Gasteiger partial charge in [0.25, 0.3) is 0 Å². The topological polar surface area (TPSA) is 71.3 Å². The lowest BCUT2D eigenvalue weighted by Gasteiger charge is -2.34. The van der Waals surface area contributed by atoms with Crippen LogP contribution in [0.2, 0.25) is 0 Å². The summed E-state index contributed by atoms with van der Waals surface area (Å²) in [7, 11) is -1.11. The molecule has 8 heteroatoms. The number of anilines is 1. The molecule has 2 aromatic rings. The molecular weight excluding hydrogens is 302 g/mol. The molecule has 22 heavy (non-hydrogen) atoms. The first-order chi connectivity index (χ1) is 10.6. The van der Waals surface area contributed by atoms with Gasteiger partial charge in [-0.15, -0.1) is 0 Å². The van der Waals surface area contributed by atoms with Crippen LogP contribution in [0.4, 0.5) is 5.95 Å². The molecule has 1 aliphatic heterocycles. The second kappa shape index (κ2) is 4.92. The van der Waals surface area contributed by atoms with Crippen molar-refractivity contribution in [2.24, 2.45) is 7.05 Å². The molecule has 3 heterocycles. The summed E-state index contributed by atoms with van der Waals surface area (Å²) >= 11 is 0. The Morgan fingerprint density at radius 1 is 1.18 bits per heavy atom. The van der Waals surface area contributed by atoms with Gasteiger partial charge in [-0.25, -0.2) is 18.4 Å². The zero-order valence-corrected chi connectivity index (χ0v) is 13.3. The van der Waals surface area contributed by atoms with Crippen LogP contribution in [0.15, 0.2) is 18.3 Å². The Bertz CT molecular complexity index is 804. The van der Waals surface area contributed by atoms with E-state index in [2.05, 4.69) is 14.9 Å². The minimum atomic E-state index is -3.06. The maximum Gasteiger partial charge on any atom is 0.217 e. The van der Waals surface area contributed by atoms with Crippen molar-refractivity contribution >= 4 is 27.1 Å². The van der Waals surface area contributed by atoms with Gasteiger partial charge in [0, 0.05) is 39.4 Å². The first-order valence-electron chi connectivity index (χ1n) is 7.59. The van der Waals surface area contributed by atoms with Crippen LogP contribution < -0.4 is 4.90 Å². The molecule has 0 amide bonds. The maximum atomic E-state index is 12.3. The number of hydrogen-bond donors (Lipinski definition) is 0. The molecule has 1 saturated carbocycles. The van der Waals surface area contributed by atoms with E-state index in [9.17, 15) is 8.42 Å². The fourth-order valence-corrected chi connectivity index (χ4v) is 4.84. The molecule has 0 atom stereocenters. The molecule has 1 aliphatic carbocycles. The van der Waals surface area contributed by atoms with Crippen molar-refractivity contribution in [3.63, 3.8) is 0 Å². The first-order valence-corrected chi connectivity index (χ1v) is 9.09. The van der Waals surface area contributed by atoms with Gasteiger partial charge in [-0.3, -0.25) is 4.57 Å². The zero-order chi connectivity index (χ0) is 15.3. The van der Waals surface area contributed by atoms with Gasteiger partial charge < -0.3 is 4.90 Å². The van der Waals surface area contributed by atoms with E-state index in [1.54, 1.807) is 10.5 Å². The van der Waals surface area contributed by atoms with Crippen LogP contribution in [0.25, 0.3) is 11.2 Å². The SMILES string of the molecule is Cn1c(N2CCN(S(=O)(=O)C3CC3)CC2)nc2cccnc21. The number of fused-ring (bicyclic) bond motifs is 1. The van der Waals surface area contributed by atoms with Crippen LogP contribution in [0.5, 0.6) is 0 Å². The van der Waals surface area contributed by atoms with Crippen molar-refractivity contribution < 1.29 is 8.42 Å². The summed E-state index contributed by atoms with van der Waals surface area (Å²) in [5, 5.41) is -0.126. The fourth-order valence-electron chi connectivity index (χ4n) is 3.01. The highest BCUT2D eigenvalue weighted by atomic mass is 32.2. The number of aryl methyl sites for hydroxylation is 1. The van der Waals surface area contributed by atoms with Gasteiger partial charge in [0.05, 0.1) is 5.25 Å². The summed E-state index contributed by atoms with van der Waals surface area (Å²) in [5.74, 6) is 0.858. The Morgan fingerprint density at radius 3 is 2.55 bits per heavy atom. The van der Waals surface area contributed by atoms with E-state index in [0.717, 1.165) is 30.0 Å². The molecule has 0 aromatic carbocycles. The normalized spacial score (nSPS) is 20.7. The predicted molar refractivity (Wildman–Crippen MR) is 84.2 cm³/mol. The third kappa shape index (κ3) is 2.17. The monoisotopic (exact) mass is 321 g/mol. The molecule has 0 radical (unpaired) electrons. The summed E-state index contributed by atoms with van der Waals surface area (Å²) in [4.78, 5) is 11.1. The highest BCUT2D eigenvalue weighted by molar-refractivity contribution is 7.90. The number of sulfonamides is 1. The summed E-state index contributed by atoms with van der Waals surface area (Å²) in [6, 6.07) is 3.82. The average molecular weight is 321 g/mol. The van der Waals surface area contributed by atoms with Crippen molar-refractivity contribution in [1.29, 1.82) is 0 Å². The van der Waals surface area contributed by atoms with Gasteiger partial charge >= 0.3 is 0 Å². The molecule has 2 aliphatic rings. The lowest BCUT2D eigenvalue weighted by molar-refractivity contribution is 0.381. The van der Waals surface area contributed by atoms with E-state index >= 15 is 0 Å². The van der Waals surface area contributed by atoms with Crippen LogP contribution in [-0.4, -0.2) is 58.7 Å². The Balaban J connectivity index is 1.54. The molecular formula is C14H19N5O2S. The summed E-state index contributed by atoms with van der Waals surface area (Å²) in [6.07, 6.45) is 3.39. The highest BCUT2D eigenvalue weighted by Crippen LogP contribution is 2.31.